The van der Waals surface area contributed by atoms with Crippen LogP contribution in [0.1, 0.15) is 6.23 Å². The molecular formula is C10H13IN2O6. The van der Waals surface area contributed by atoms with Crippen LogP contribution in [0.25, 0.3) is 0 Å². The van der Waals surface area contributed by atoms with E-state index in [4.69, 9.17) is 14.6 Å². The van der Waals surface area contributed by atoms with Gasteiger partial charge >= 0.3 is 5.69 Å². The topological polar surface area (TPSA) is 114 Å². The molecule has 1 fully saturated rings. The molecule has 4 atom stereocenters. The van der Waals surface area contributed by atoms with Gasteiger partial charge in [0, 0.05) is 13.3 Å². The van der Waals surface area contributed by atoms with Crippen LogP contribution in [0, 0.1) is 3.57 Å². The largest absolute Gasteiger partial charge is 0.394 e. The molecule has 1 aliphatic rings. The highest BCUT2D eigenvalue weighted by atomic mass is 127. The second-order valence-electron chi connectivity index (χ2n) is 4.08. The Balaban J connectivity index is 2.44. The number of nitrogens with zero attached hydrogens (tertiary/aromatic N) is 1. The molecule has 1 aromatic rings. The number of aliphatic hydroxyl groups excluding tert-OH is 2. The van der Waals surface area contributed by atoms with Gasteiger partial charge in [-0.1, -0.05) is 0 Å². The average Bonchev–Trinajstić information content (AvgIpc) is 2.70. The smallest absolute Gasteiger partial charge is 0.330 e. The standard InChI is InChI=1S/C10H13IN2O6/c1-18-7-6(15)5(3-14)19-9(7)13-2-4(11)8(16)12-10(13)17/h2,5-7,9,14-15H,3H2,1H3,(H,12,16,17)/t5-,6-,7-,9-/m0/s1. The van der Waals surface area contributed by atoms with Crippen molar-refractivity contribution in [3.8, 4) is 0 Å². The molecule has 0 aromatic carbocycles. The summed E-state index contributed by atoms with van der Waals surface area (Å²) in [4.78, 5) is 25.2. The van der Waals surface area contributed by atoms with Crippen LogP contribution in [0.2, 0.25) is 0 Å². The number of hydrogen-bond donors (Lipinski definition) is 3. The molecule has 1 saturated heterocycles. The van der Waals surface area contributed by atoms with Crippen molar-refractivity contribution < 1.29 is 19.7 Å². The van der Waals surface area contributed by atoms with E-state index in [1.165, 1.54) is 13.3 Å². The van der Waals surface area contributed by atoms with Crippen LogP contribution >= 0.6 is 22.6 Å². The maximum absolute atomic E-state index is 11.8. The van der Waals surface area contributed by atoms with Crippen LogP contribution in [-0.4, -0.2) is 51.8 Å². The molecule has 2 rings (SSSR count). The van der Waals surface area contributed by atoms with E-state index in [1.807, 2.05) is 0 Å². The molecule has 106 valence electrons. The Kier molecular flexibility index (Phi) is 4.40. The quantitative estimate of drug-likeness (QED) is 0.542. The first-order chi connectivity index (χ1) is 8.99. The van der Waals surface area contributed by atoms with Crippen molar-refractivity contribution in [1.29, 1.82) is 0 Å². The Bertz CT molecular complexity index is 570. The van der Waals surface area contributed by atoms with Crippen molar-refractivity contribution in [2.75, 3.05) is 13.7 Å². The minimum Gasteiger partial charge on any atom is -0.394 e. The molecule has 0 radical (unpaired) electrons. The highest BCUT2D eigenvalue weighted by Crippen LogP contribution is 2.30. The lowest BCUT2D eigenvalue weighted by Crippen LogP contribution is -2.39. The van der Waals surface area contributed by atoms with Gasteiger partial charge in [-0.25, -0.2) is 4.79 Å². The van der Waals surface area contributed by atoms with Gasteiger partial charge in [-0.2, -0.15) is 0 Å². The molecule has 9 heteroatoms. The van der Waals surface area contributed by atoms with Crippen LogP contribution in [0.15, 0.2) is 15.8 Å². The van der Waals surface area contributed by atoms with Crippen LogP contribution in [0.5, 0.6) is 0 Å². The summed E-state index contributed by atoms with van der Waals surface area (Å²) in [6.45, 7) is -0.396. The number of aromatic nitrogens is 2. The zero-order valence-electron chi connectivity index (χ0n) is 9.95. The average molecular weight is 384 g/mol. The third-order valence-electron chi connectivity index (χ3n) is 2.96. The molecule has 0 aliphatic carbocycles. The Morgan fingerprint density at radius 1 is 1.58 bits per heavy atom. The number of rotatable bonds is 3. The van der Waals surface area contributed by atoms with E-state index in [1.54, 1.807) is 22.6 Å². The van der Waals surface area contributed by atoms with Crippen molar-refractivity contribution in [2.45, 2.75) is 24.5 Å². The minimum absolute atomic E-state index is 0.303. The summed E-state index contributed by atoms with van der Waals surface area (Å²) in [7, 11) is 1.37. The fourth-order valence-electron chi connectivity index (χ4n) is 2.00. The van der Waals surface area contributed by atoms with Gasteiger partial charge in [0.05, 0.1) is 10.2 Å². The Morgan fingerprint density at radius 2 is 2.26 bits per heavy atom. The van der Waals surface area contributed by atoms with Gasteiger partial charge in [0.2, 0.25) is 0 Å². The van der Waals surface area contributed by atoms with Gasteiger partial charge in [-0.15, -0.1) is 0 Å². The van der Waals surface area contributed by atoms with E-state index in [-0.39, 0.29) is 0 Å². The predicted octanol–water partition coefficient (Wildman–Crippen LogP) is -1.59. The fraction of sp³-hybridized carbons (Fsp3) is 0.600. The van der Waals surface area contributed by atoms with E-state index in [0.717, 1.165) is 4.57 Å². The van der Waals surface area contributed by atoms with E-state index in [9.17, 15) is 14.7 Å². The van der Waals surface area contributed by atoms with Crippen molar-refractivity contribution >= 4 is 22.6 Å². The minimum atomic E-state index is -1.06. The number of hydrogen-bond acceptors (Lipinski definition) is 6. The van der Waals surface area contributed by atoms with Gasteiger partial charge in [0.15, 0.2) is 6.23 Å². The number of aromatic amines is 1. The molecule has 0 unspecified atom stereocenters. The SMILES string of the molecule is CO[C@H]1[C@@H](O)[C@H](CO)O[C@@H]1n1cc(I)c(=O)[nH]c1=O. The Morgan fingerprint density at radius 3 is 2.84 bits per heavy atom. The van der Waals surface area contributed by atoms with Crippen molar-refractivity contribution in [1.82, 2.24) is 9.55 Å². The zero-order chi connectivity index (χ0) is 14.2. The summed E-state index contributed by atoms with van der Waals surface area (Å²) in [5, 5.41) is 19.0. The Hall–Kier alpha value is -0.750. The van der Waals surface area contributed by atoms with E-state index in [0.29, 0.717) is 3.57 Å². The summed E-state index contributed by atoms with van der Waals surface area (Å²) < 4.78 is 11.9. The second kappa shape index (κ2) is 5.71. The van der Waals surface area contributed by atoms with Crippen molar-refractivity contribution in [3.05, 3.63) is 30.6 Å². The third kappa shape index (κ3) is 2.60. The number of methoxy groups -OCH3 is 1. The second-order valence-corrected chi connectivity index (χ2v) is 5.24. The molecule has 1 aliphatic heterocycles. The lowest BCUT2D eigenvalue weighted by molar-refractivity contribution is -0.0626. The molecule has 0 bridgehead atoms. The van der Waals surface area contributed by atoms with Crippen LogP contribution < -0.4 is 11.2 Å². The predicted molar refractivity (Wildman–Crippen MR) is 71.8 cm³/mol. The van der Waals surface area contributed by atoms with E-state index in [2.05, 4.69) is 4.98 Å². The fourth-order valence-corrected chi connectivity index (χ4v) is 2.43. The Labute approximate surface area is 121 Å². The normalized spacial score (nSPS) is 30.7. The van der Waals surface area contributed by atoms with E-state index < -0.39 is 42.4 Å². The van der Waals surface area contributed by atoms with Crippen molar-refractivity contribution in [3.63, 3.8) is 0 Å². The molecular weight excluding hydrogens is 371 g/mol. The first-order valence-corrected chi connectivity index (χ1v) is 6.55. The van der Waals surface area contributed by atoms with Crippen LogP contribution in [-0.2, 0) is 9.47 Å². The van der Waals surface area contributed by atoms with Crippen LogP contribution in [0.4, 0.5) is 0 Å². The number of aliphatic hydroxyl groups is 2. The molecule has 3 N–H and O–H groups in total. The molecule has 1 aromatic heterocycles. The molecule has 0 saturated carbocycles. The molecule has 19 heavy (non-hydrogen) atoms. The lowest BCUT2D eigenvalue weighted by Gasteiger charge is -2.20. The maximum Gasteiger partial charge on any atom is 0.330 e. The number of ether oxygens (including phenoxy) is 2. The summed E-state index contributed by atoms with van der Waals surface area (Å²) in [5.74, 6) is 0. The van der Waals surface area contributed by atoms with Gasteiger partial charge in [0.25, 0.3) is 5.56 Å². The molecule has 0 amide bonds. The first kappa shape index (κ1) is 14.7. The number of halogens is 1. The highest BCUT2D eigenvalue weighted by molar-refractivity contribution is 14.1. The monoisotopic (exact) mass is 384 g/mol. The van der Waals surface area contributed by atoms with Gasteiger partial charge < -0.3 is 19.7 Å². The van der Waals surface area contributed by atoms with E-state index >= 15 is 0 Å². The summed E-state index contributed by atoms with van der Waals surface area (Å²) in [5.41, 5.74) is -1.16. The third-order valence-corrected chi connectivity index (χ3v) is 3.73. The zero-order valence-corrected chi connectivity index (χ0v) is 12.1. The van der Waals surface area contributed by atoms with Crippen LogP contribution in [0.3, 0.4) is 0 Å². The molecule has 8 nitrogen and oxygen atoms in total. The summed E-state index contributed by atoms with van der Waals surface area (Å²) in [6, 6.07) is 0. The summed E-state index contributed by atoms with van der Waals surface area (Å²) in [6.07, 6.45) is -2.29. The van der Waals surface area contributed by atoms with Gasteiger partial charge in [-0.3, -0.25) is 14.3 Å². The summed E-state index contributed by atoms with van der Waals surface area (Å²) >= 11 is 1.78. The van der Waals surface area contributed by atoms with Gasteiger partial charge in [0.1, 0.15) is 18.3 Å². The molecule has 0 spiro atoms. The molecule has 2 heterocycles. The first-order valence-electron chi connectivity index (χ1n) is 5.47. The van der Waals surface area contributed by atoms with Gasteiger partial charge in [-0.05, 0) is 22.6 Å². The number of nitrogens with one attached hydrogen (secondary N) is 1. The number of H-pyrrole nitrogens is 1. The highest BCUT2D eigenvalue weighted by Gasteiger charge is 2.45. The maximum atomic E-state index is 11.8. The lowest BCUT2D eigenvalue weighted by atomic mass is 10.1. The van der Waals surface area contributed by atoms with Crippen molar-refractivity contribution in [2.24, 2.45) is 0 Å².